The number of aryl methyl sites for hydroxylation is 1. The Bertz CT molecular complexity index is 656. The topological polar surface area (TPSA) is 58.9 Å². The molecule has 0 aromatic heterocycles. The molecule has 4 nitrogen and oxygen atoms in total. The highest BCUT2D eigenvalue weighted by atomic mass is 127. The average Bonchev–Trinajstić information content (AvgIpc) is 2.47. The van der Waals surface area contributed by atoms with Crippen molar-refractivity contribution in [1.82, 2.24) is 0 Å². The third-order valence-corrected chi connectivity index (χ3v) is 3.98. The van der Waals surface area contributed by atoms with Gasteiger partial charge in [0.05, 0.1) is 0 Å². The highest BCUT2D eigenvalue weighted by molar-refractivity contribution is 14.1. The van der Waals surface area contributed by atoms with Crippen LogP contribution in [-0.4, -0.2) is 0 Å². The van der Waals surface area contributed by atoms with Crippen molar-refractivity contribution < 1.29 is 0 Å². The fourth-order valence-corrected chi connectivity index (χ4v) is 2.72. The smallest absolute Gasteiger partial charge is 0.111 e. The van der Waals surface area contributed by atoms with E-state index < -0.39 is 0 Å². The van der Waals surface area contributed by atoms with Crippen molar-refractivity contribution in [2.75, 3.05) is 0 Å². The molecular formula is C15H13IN2O2. The fraction of sp³-hybridized carbons (Fsp3) is 0.200. The highest BCUT2D eigenvalue weighted by Gasteiger charge is 2.06. The van der Waals surface area contributed by atoms with Gasteiger partial charge in [-0.25, -0.2) is 0 Å². The maximum atomic E-state index is 10.7. The number of hydrogen-bond donors (Lipinski definition) is 0. The largest absolute Gasteiger partial charge is 0.145 e. The Labute approximate surface area is 130 Å². The molecule has 0 radical (unpaired) electrons. The summed E-state index contributed by atoms with van der Waals surface area (Å²) in [4.78, 5) is 21.2. The van der Waals surface area contributed by atoms with Crippen LogP contribution in [0.2, 0.25) is 0 Å². The summed E-state index contributed by atoms with van der Waals surface area (Å²) < 4.78 is 0.750. The Morgan fingerprint density at radius 2 is 1.55 bits per heavy atom. The predicted molar refractivity (Wildman–Crippen MR) is 89.1 cm³/mol. The summed E-state index contributed by atoms with van der Waals surface area (Å²) in [5.74, 6) is 0. The first-order chi connectivity index (χ1) is 9.67. The van der Waals surface area contributed by atoms with Gasteiger partial charge in [0.25, 0.3) is 0 Å². The summed E-state index contributed by atoms with van der Waals surface area (Å²) in [5.41, 5.74) is 5.03. The average molecular weight is 380 g/mol. The Kier molecular flexibility index (Phi) is 4.94. The van der Waals surface area contributed by atoms with Crippen LogP contribution in [0.25, 0.3) is 0 Å². The van der Waals surface area contributed by atoms with Gasteiger partial charge in [-0.15, -0.1) is 9.81 Å². The minimum absolute atomic E-state index is 0.474. The molecule has 0 aliphatic heterocycles. The van der Waals surface area contributed by atoms with Crippen LogP contribution in [0.4, 0.5) is 11.4 Å². The van der Waals surface area contributed by atoms with Crippen molar-refractivity contribution in [2.24, 2.45) is 10.4 Å². The number of alkyl halides is 1. The van der Waals surface area contributed by atoms with Crippen molar-refractivity contribution in [3.63, 3.8) is 0 Å². The minimum atomic E-state index is 0.474. The molecule has 0 aliphatic rings. The second kappa shape index (κ2) is 6.69. The molecule has 0 fully saturated rings. The molecule has 0 unspecified atom stereocenters. The zero-order chi connectivity index (χ0) is 14.5. The molecule has 0 spiro atoms. The van der Waals surface area contributed by atoms with E-state index >= 15 is 0 Å². The van der Waals surface area contributed by atoms with E-state index in [1.165, 1.54) is 0 Å². The summed E-state index contributed by atoms with van der Waals surface area (Å²) in [6.45, 7) is 1.87. The zero-order valence-electron chi connectivity index (χ0n) is 11.0. The molecule has 5 heteroatoms. The number of nitroso groups, excluding NO2 is 2. The second-order valence-electron chi connectivity index (χ2n) is 4.58. The molecule has 20 heavy (non-hydrogen) atoms. The first kappa shape index (κ1) is 14.8. The number of nitrogens with zero attached hydrogens (tertiary/aromatic N) is 2. The molecule has 2 rings (SSSR count). The Morgan fingerprint density at radius 1 is 0.950 bits per heavy atom. The Balaban J connectivity index is 2.27. The fourth-order valence-electron chi connectivity index (χ4n) is 2.11. The summed E-state index contributed by atoms with van der Waals surface area (Å²) in [7, 11) is 0. The third kappa shape index (κ3) is 3.27. The van der Waals surface area contributed by atoms with Gasteiger partial charge in [-0.1, -0.05) is 46.9 Å². The van der Waals surface area contributed by atoms with E-state index in [1.807, 2.05) is 31.2 Å². The van der Waals surface area contributed by atoms with E-state index in [0.29, 0.717) is 11.4 Å². The quantitative estimate of drug-likeness (QED) is 0.401. The summed E-state index contributed by atoms with van der Waals surface area (Å²) in [5, 5.41) is 5.99. The van der Waals surface area contributed by atoms with Crippen LogP contribution >= 0.6 is 22.6 Å². The maximum absolute atomic E-state index is 10.7. The van der Waals surface area contributed by atoms with Gasteiger partial charge >= 0.3 is 0 Å². The monoisotopic (exact) mass is 380 g/mol. The van der Waals surface area contributed by atoms with Crippen molar-refractivity contribution in [2.45, 2.75) is 17.8 Å². The van der Waals surface area contributed by atoms with E-state index in [2.05, 4.69) is 32.9 Å². The Hall–Kier alpha value is -1.63. The van der Waals surface area contributed by atoms with Gasteiger partial charge in [0.2, 0.25) is 0 Å². The zero-order valence-corrected chi connectivity index (χ0v) is 13.1. The molecule has 0 bridgehead atoms. The number of benzene rings is 2. The summed E-state index contributed by atoms with van der Waals surface area (Å²) >= 11 is 2.22. The second-order valence-corrected chi connectivity index (χ2v) is 5.34. The molecule has 0 saturated heterocycles. The van der Waals surface area contributed by atoms with Gasteiger partial charge in [0.1, 0.15) is 11.4 Å². The molecule has 0 aliphatic carbocycles. The van der Waals surface area contributed by atoms with Crippen LogP contribution < -0.4 is 0 Å². The summed E-state index contributed by atoms with van der Waals surface area (Å²) in [6.07, 6.45) is 0.753. The van der Waals surface area contributed by atoms with Gasteiger partial charge in [-0.05, 0) is 58.1 Å². The molecule has 2 aromatic carbocycles. The lowest BCUT2D eigenvalue weighted by molar-refractivity contribution is 1.16. The third-order valence-electron chi connectivity index (χ3n) is 3.15. The van der Waals surface area contributed by atoms with Crippen molar-refractivity contribution >= 4 is 34.0 Å². The molecule has 0 N–H and O–H groups in total. The van der Waals surface area contributed by atoms with E-state index in [9.17, 15) is 9.81 Å². The SMILES string of the molecule is Cc1cc(Cc2ccc(N=O)c(CI)c2)ccc1N=O. The standard InChI is InChI=1S/C15H13IN2O2/c1-10-6-11(2-4-14(10)17-19)7-12-3-5-15(18-20)13(8-12)9-16/h2-6,8H,7,9H2,1H3. The minimum Gasteiger partial charge on any atom is -0.145 e. The molecule has 0 heterocycles. The van der Waals surface area contributed by atoms with Crippen LogP contribution in [0.5, 0.6) is 0 Å². The van der Waals surface area contributed by atoms with Crippen molar-refractivity contribution in [1.29, 1.82) is 0 Å². The van der Waals surface area contributed by atoms with Gasteiger partial charge in [-0.2, -0.15) is 0 Å². The van der Waals surface area contributed by atoms with E-state index in [0.717, 1.165) is 33.1 Å². The van der Waals surface area contributed by atoms with Crippen molar-refractivity contribution in [3.8, 4) is 0 Å². The lowest BCUT2D eigenvalue weighted by atomic mass is 10.0. The van der Waals surface area contributed by atoms with E-state index in [-0.39, 0.29) is 0 Å². The van der Waals surface area contributed by atoms with Gasteiger partial charge in [-0.3, -0.25) is 0 Å². The van der Waals surface area contributed by atoms with Gasteiger partial charge < -0.3 is 0 Å². The Morgan fingerprint density at radius 3 is 2.10 bits per heavy atom. The maximum Gasteiger partial charge on any atom is 0.111 e. The number of rotatable bonds is 5. The van der Waals surface area contributed by atoms with Crippen LogP contribution in [-0.2, 0) is 10.8 Å². The lowest BCUT2D eigenvalue weighted by Gasteiger charge is -2.07. The van der Waals surface area contributed by atoms with E-state index in [1.54, 1.807) is 12.1 Å². The molecule has 2 aromatic rings. The van der Waals surface area contributed by atoms with Crippen LogP contribution in [0, 0.1) is 16.7 Å². The van der Waals surface area contributed by atoms with Crippen LogP contribution in [0.3, 0.4) is 0 Å². The normalized spacial score (nSPS) is 10.3. The van der Waals surface area contributed by atoms with Crippen LogP contribution in [0.15, 0.2) is 46.8 Å². The molecule has 0 saturated carbocycles. The van der Waals surface area contributed by atoms with Gasteiger partial charge in [0, 0.05) is 4.43 Å². The van der Waals surface area contributed by atoms with E-state index in [4.69, 9.17) is 0 Å². The molecule has 0 atom stereocenters. The molecule has 0 amide bonds. The van der Waals surface area contributed by atoms with Gasteiger partial charge in [0.15, 0.2) is 0 Å². The summed E-state index contributed by atoms with van der Waals surface area (Å²) in [6, 6.07) is 11.3. The molecule has 102 valence electrons. The first-order valence-electron chi connectivity index (χ1n) is 6.12. The number of halogens is 1. The van der Waals surface area contributed by atoms with Crippen molar-refractivity contribution in [3.05, 3.63) is 68.5 Å². The predicted octanol–water partition coefficient (Wildman–Crippen LogP) is 5.32. The lowest BCUT2D eigenvalue weighted by Crippen LogP contribution is -1.91. The first-order valence-corrected chi connectivity index (χ1v) is 7.64. The van der Waals surface area contributed by atoms with Crippen LogP contribution in [0.1, 0.15) is 22.3 Å². The number of hydrogen-bond acceptors (Lipinski definition) is 4. The molecular weight excluding hydrogens is 367 g/mol. The highest BCUT2D eigenvalue weighted by Crippen LogP contribution is 2.25.